The second kappa shape index (κ2) is 5.89. The number of nitrogens with zero attached hydrogens (tertiary/aromatic N) is 5. The molecule has 0 radical (unpaired) electrons. The Morgan fingerprint density at radius 2 is 2.39 bits per heavy atom. The summed E-state index contributed by atoms with van der Waals surface area (Å²) >= 11 is 4.81. The second-order valence-corrected chi connectivity index (χ2v) is 7.17. The van der Waals surface area contributed by atoms with E-state index in [1.165, 1.54) is 11.3 Å². The van der Waals surface area contributed by atoms with Gasteiger partial charge < -0.3 is 10.2 Å². The topological polar surface area (TPSA) is 75.4 Å². The van der Waals surface area contributed by atoms with E-state index in [1.807, 2.05) is 22.0 Å². The van der Waals surface area contributed by atoms with Crippen LogP contribution in [0.2, 0.25) is 0 Å². The fourth-order valence-corrected chi connectivity index (χ4v) is 4.06. The van der Waals surface area contributed by atoms with E-state index in [0.717, 1.165) is 35.4 Å². The van der Waals surface area contributed by atoms with Crippen molar-refractivity contribution in [3.63, 3.8) is 0 Å². The van der Waals surface area contributed by atoms with Crippen LogP contribution in [0.25, 0.3) is 5.65 Å². The van der Waals surface area contributed by atoms with E-state index in [1.54, 1.807) is 12.5 Å². The zero-order valence-corrected chi connectivity index (χ0v) is 14.4. The summed E-state index contributed by atoms with van der Waals surface area (Å²) in [6, 6.07) is 1.94. The first-order chi connectivity index (χ1) is 11.2. The van der Waals surface area contributed by atoms with E-state index < -0.39 is 0 Å². The van der Waals surface area contributed by atoms with E-state index in [9.17, 15) is 4.79 Å². The van der Waals surface area contributed by atoms with Gasteiger partial charge in [-0.15, -0.1) is 21.5 Å². The van der Waals surface area contributed by atoms with Crippen molar-refractivity contribution in [2.24, 2.45) is 0 Å². The molecule has 1 atom stereocenters. The zero-order valence-electron chi connectivity index (χ0n) is 12.0. The number of rotatable bonds is 3. The molecule has 0 aliphatic carbocycles. The highest BCUT2D eigenvalue weighted by Crippen LogP contribution is 2.23. The van der Waals surface area contributed by atoms with Crippen LogP contribution in [0, 0.1) is 0 Å². The molecular formula is C14H13BrN6OS. The summed E-state index contributed by atoms with van der Waals surface area (Å²) in [6.45, 7) is 1.55. The van der Waals surface area contributed by atoms with Crippen LogP contribution in [-0.4, -0.2) is 44.6 Å². The molecule has 1 amide bonds. The molecule has 4 rings (SSSR count). The number of nitrogens with one attached hydrogen (secondary N) is 1. The highest BCUT2D eigenvalue weighted by Gasteiger charge is 2.27. The van der Waals surface area contributed by atoms with Gasteiger partial charge in [-0.3, -0.25) is 9.20 Å². The maximum atomic E-state index is 12.2. The number of hydrogen-bond acceptors (Lipinski definition) is 6. The molecule has 1 aliphatic rings. The number of amides is 1. The molecule has 0 bridgehead atoms. The molecule has 3 aromatic heterocycles. The van der Waals surface area contributed by atoms with Crippen molar-refractivity contribution >= 4 is 44.6 Å². The third-order valence-corrected chi connectivity index (χ3v) is 5.50. The maximum Gasteiger partial charge on any atom is 0.261 e. The predicted octanol–water partition coefficient (Wildman–Crippen LogP) is 1.96. The largest absolute Gasteiger partial charge is 0.351 e. The molecule has 0 aromatic carbocycles. The van der Waals surface area contributed by atoms with Crippen molar-refractivity contribution in [3.8, 4) is 0 Å². The average Bonchev–Trinajstić information content (AvgIpc) is 3.26. The molecule has 0 unspecified atom stereocenters. The Bertz CT molecular complexity index is 862. The smallest absolute Gasteiger partial charge is 0.261 e. The molecular weight excluding hydrogens is 380 g/mol. The van der Waals surface area contributed by atoms with Gasteiger partial charge in [-0.05, 0) is 28.4 Å². The Morgan fingerprint density at radius 3 is 3.22 bits per heavy atom. The minimum Gasteiger partial charge on any atom is -0.351 e. The minimum absolute atomic E-state index is 0.0267. The van der Waals surface area contributed by atoms with Crippen molar-refractivity contribution in [1.82, 2.24) is 24.9 Å². The van der Waals surface area contributed by atoms with Gasteiger partial charge in [0.2, 0.25) is 5.65 Å². The van der Waals surface area contributed by atoms with Gasteiger partial charge >= 0.3 is 0 Å². The third-order valence-electron chi connectivity index (χ3n) is 3.81. The fourth-order valence-electron chi connectivity index (χ4n) is 2.73. The van der Waals surface area contributed by atoms with Crippen LogP contribution < -0.4 is 10.2 Å². The third kappa shape index (κ3) is 2.81. The van der Waals surface area contributed by atoms with E-state index >= 15 is 0 Å². The number of carbonyl (C=O) groups is 1. The van der Waals surface area contributed by atoms with Crippen molar-refractivity contribution in [2.75, 3.05) is 18.0 Å². The number of fused-ring (bicyclic) bond motifs is 1. The van der Waals surface area contributed by atoms with E-state index in [-0.39, 0.29) is 11.9 Å². The van der Waals surface area contributed by atoms with Crippen molar-refractivity contribution in [2.45, 2.75) is 12.5 Å². The van der Waals surface area contributed by atoms with Gasteiger partial charge in [-0.2, -0.15) is 0 Å². The van der Waals surface area contributed by atoms with Gasteiger partial charge in [0.05, 0.1) is 4.88 Å². The van der Waals surface area contributed by atoms with E-state index in [2.05, 4.69) is 41.3 Å². The molecule has 23 heavy (non-hydrogen) atoms. The van der Waals surface area contributed by atoms with Gasteiger partial charge in [-0.1, -0.05) is 0 Å². The summed E-state index contributed by atoms with van der Waals surface area (Å²) in [6.07, 6.45) is 6.10. The van der Waals surface area contributed by atoms with E-state index in [4.69, 9.17) is 0 Å². The lowest BCUT2D eigenvalue weighted by atomic mass is 10.2. The van der Waals surface area contributed by atoms with Crippen LogP contribution in [0.3, 0.4) is 0 Å². The van der Waals surface area contributed by atoms with Crippen molar-refractivity contribution in [1.29, 1.82) is 0 Å². The lowest BCUT2D eigenvalue weighted by Gasteiger charge is -2.17. The Hall–Kier alpha value is -2.00. The van der Waals surface area contributed by atoms with Crippen LogP contribution in [0.5, 0.6) is 0 Å². The maximum absolute atomic E-state index is 12.2. The Kier molecular flexibility index (Phi) is 3.74. The first kappa shape index (κ1) is 14.6. The van der Waals surface area contributed by atoms with Gasteiger partial charge in [0, 0.05) is 41.4 Å². The van der Waals surface area contributed by atoms with Crippen LogP contribution in [-0.2, 0) is 0 Å². The first-order valence-corrected chi connectivity index (χ1v) is 8.82. The summed E-state index contributed by atoms with van der Waals surface area (Å²) in [5.74, 6) is 0.779. The lowest BCUT2D eigenvalue weighted by Crippen LogP contribution is -2.37. The predicted molar refractivity (Wildman–Crippen MR) is 90.9 cm³/mol. The lowest BCUT2D eigenvalue weighted by molar-refractivity contribution is 0.0944. The number of carbonyl (C=O) groups excluding carboxylic acids is 1. The standard InChI is InChI=1S/C14H13BrN6OS/c15-9-5-11(23-7-9)14(22)18-10-1-3-20(6-10)12-13-19-17-8-21(13)4-2-16-12/h2,4-5,7-8,10H,1,3,6H2,(H,18,22)/t10-/m0/s1. The molecule has 1 saturated heterocycles. The monoisotopic (exact) mass is 392 g/mol. The quantitative estimate of drug-likeness (QED) is 0.737. The molecule has 118 valence electrons. The molecule has 7 nitrogen and oxygen atoms in total. The average molecular weight is 393 g/mol. The van der Waals surface area contributed by atoms with Gasteiger partial charge in [0.1, 0.15) is 6.33 Å². The Balaban J connectivity index is 1.47. The van der Waals surface area contributed by atoms with E-state index in [0.29, 0.717) is 4.88 Å². The van der Waals surface area contributed by atoms with Crippen LogP contribution in [0.4, 0.5) is 5.82 Å². The number of thiophene rings is 1. The van der Waals surface area contributed by atoms with Crippen LogP contribution >= 0.6 is 27.3 Å². The second-order valence-electron chi connectivity index (χ2n) is 5.35. The molecule has 3 aromatic rings. The molecule has 1 aliphatic heterocycles. The highest BCUT2D eigenvalue weighted by molar-refractivity contribution is 9.10. The molecule has 9 heteroatoms. The van der Waals surface area contributed by atoms with Crippen LogP contribution in [0.15, 0.2) is 34.6 Å². The summed E-state index contributed by atoms with van der Waals surface area (Å²) < 4.78 is 2.78. The number of hydrogen-bond donors (Lipinski definition) is 1. The van der Waals surface area contributed by atoms with Gasteiger partial charge in [0.15, 0.2) is 5.82 Å². The van der Waals surface area contributed by atoms with Crippen molar-refractivity contribution in [3.05, 3.63) is 39.5 Å². The van der Waals surface area contributed by atoms with Crippen LogP contribution in [0.1, 0.15) is 16.1 Å². The number of anilines is 1. The molecule has 1 fully saturated rings. The summed E-state index contributed by atoms with van der Waals surface area (Å²) in [5.41, 5.74) is 0.738. The Labute approximate surface area is 144 Å². The fraction of sp³-hybridized carbons (Fsp3) is 0.286. The SMILES string of the molecule is O=C(N[C@H]1CCN(c2nccn3cnnc23)C1)c1cc(Br)cs1. The van der Waals surface area contributed by atoms with Gasteiger partial charge in [-0.25, -0.2) is 4.98 Å². The minimum atomic E-state index is -0.0267. The molecule has 0 saturated carbocycles. The molecule has 0 spiro atoms. The molecule has 4 heterocycles. The number of halogens is 1. The van der Waals surface area contributed by atoms with Crippen molar-refractivity contribution < 1.29 is 4.79 Å². The first-order valence-electron chi connectivity index (χ1n) is 7.15. The highest BCUT2D eigenvalue weighted by atomic mass is 79.9. The number of aromatic nitrogens is 4. The summed E-state index contributed by atoms with van der Waals surface area (Å²) in [7, 11) is 0. The summed E-state index contributed by atoms with van der Waals surface area (Å²) in [4.78, 5) is 19.5. The molecule has 1 N–H and O–H groups in total. The summed E-state index contributed by atoms with van der Waals surface area (Å²) in [5, 5.41) is 13.0. The Morgan fingerprint density at radius 1 is 1.48 bits per heavy atom. The van der Waals surface area contributed by atoms with Gasteiger partial charge in [0.25, 0.3) is 5.91 Å². The zero-order chi connectivity index (χ0) is 15.8. The normalized spacial score (nSPS) is 17.8.